The molecule has 0 radical (unpaired) electrons. The number of carbonyl (C=O) groups is 1. The van der Waals surface area contributed by atoms with Crippen LogP contribution in [0.5, 0.6) is 0 Å². The smallest absolute Gasteiger partial charge is 0.251 e. The van der Waals surface area contributed by atoms with Gasteiger partial charge in [-0.25, -0.2) is 0 Å². The van der Waals surface area contributed by atoms with Crippen LogP contribution in [0.1, 0.15) is 34.8 Å². The van der Waals surface area contributed by atoms with Crippen LogP contribution in [0.3, 0.4) is 0 Å². The molecular weight excluding hydrogens is 224 g/mol. The van der Waals surface area contributed by atoms with E-state index in [1.807, 2.05) is 32.0 Å². The van der Waals surface area contributed by atoms with Gasteiger partial charge in [-0.05, 0) is 44.4 Å². The van der Waals surface area contributed by atoms with Gasteiger partial charge in [0.25, 0.3) is 5.91 Å². The number of piperidine rings is 1. The molecule has 18 heavy (non-hydrogen) atoms. The number of hydrogen-bond donors (Lipinski definition) is 2. The monoisotopic (exact) mass is 246 g/mol. The summed E-state index contributed by atoms with van der Waals surface area (Å²) in [6.07, 6.45) is 1.12. The molecule has 1 aliphatic rings. The first-order valence-electron chi connectivity index (χ1n) is 6.67. The van der Waals surface area contributed by atoms with E-state index in [2.05, 4.69) is 17.6 Å². The van der Waals surface area contributed by atoms with Crippen molar-refractivity contribution in [3.05, 3.63) is 34.9 Å². The maximum absolute atomic E-state index is 12.3. The molecule has 1 amide bonds. The molecule has 2 atom stereocenters. The topological polar surface area (TPSA) is 41.1 Å². The number of hydrogen-bond acceptors (Lipinski definition) is 2. The van der Waals surface area contributed by atoms with Crippen LogP contribution in [0, 0.1) is 19.8 Å². The number of benzene rings is 1. The van der Waals surface area contributed by atoms with E-state index >= 15 is 0 Å². The first-order valence-corrected chi connectivity index (χ1v) is 6.67. The average Bonchev–Trinajstić information content (AvgIpc) is 2.35. The first kappa shape index (κ1) is 13.1. The van der Waals surface area contributed by atoms with E-state index in [0.29, 0.717) is 5.92 Å². The van der Waals surface area contributed by atoms with Crippen LogP contribution in [-0.4, -0.2) is 25.0 Å². The van der Waals surface area contributed by atoms with Crippen molar-refractivity contribution in [2.24, 2.45) is 5.92 Å². The van der Waals surface area contributed by atoms with Gasteiger partial charge in [0.15, 0.2) is 0 Å². The van der Waals surface area contributed by atoms with E-state index in [1.165, 1.54) is 0 Å². The highest BCUT2D eigenvalue weighted by molar-refractivity contribution is 5.96. The van der Waals surface area contributed by atoms with Crippen molar-refractivity contribution in [2.75, 3.05) is 13.1 Å². The van der Waals surface area contributed by atoms with E-state index in [9.17, 15) is 4.79 Å². The van der Waals surface area contributed by atoms with Gasteiger partial charge in [0.1, 0.15) is 0 Å². The molecular formula is C15H22N2O. The van der Waals surface area contributed by atoms with Crippen LogP contribution in [0.4, 0.5) is 0 Å². The standard InChI is InChI=1S/C15H22N2O/c1-10-4-5-11(2)13(8-10)15(18)17-14-9-16-7-6-12(14)3/h4-5,8,12,14,16H,6-7,9H2,1-3H3,(H,17,18). The minimum Gasteiger partial charge on any atom is -0.348 e. The van der Waals surface area contributed by atoms with E-state index in [0.717, 1.165) is 36.2 Å². The Balaban J connectivity index is 2.09. The van der Waals surface area contributed by atoms with Gasteiger partial charge in [-0.15, -0.1) is 0 Å². The molecule has 1 fully saturated rings. The van der Waals surface area contributed by atoms with Crippen molar-refractivity contribution >= 4 is 5.91 Å². The minimum absolute atomic E-state index is 0.0525. The first-order chi connectivity index (χ1) is 8.58. The molecule has 0 aliphatic carbocycles. The molecule has 1 aromatic rings. The Morgan fingerprint density at radius 1 is 1.39 bits per heavy atom. The normalized spacial score (nSPS) is 23.7. The minimum atomic E-state index is 0.0525. The molecule has 0 aromatic heterocycles. The average molecular weight is 246 g/mol. The molecule has 0 spiro atoms. The zero-order chi connectivity index (χ0) is 13.1. The van der Waals surface area contributed by atoms with E-state index < -0.39 is 0 Å². The molecule has 0 saturated carbocycles. The molecule has 0 bridgehead atoms. The highest BCUT2D eigenvalue weighted by Crippen LogP contribution is 2.14. The third-order valence-electron chi connectivity index (χ3n) is 3.78. The van der Waals surface area contributed by atoms with Gasteiger partial charge in [-0.1, -0.05) is 24.6 Å². The molecule has 2 unspecified atom stereocenters. The van der Waals surface area contributed by atoms with Crippen LogP contribution < -0.4 is 10.6 Å². The van der Waals surface area contributed by atoms with E-state index in [4.69, 9.17) is 0 Å². The summed E-state index contributed by atoms with van der Waals surface area (Å²) in [6, 6.07) is 6.25. The fourth-order valence-corrected chi connectivity index (χ4v) is 2.41. The summed E-state index contributed by atoms with van der Waals surface area (Å²) >= 11 is 0. The van der Waals surface area contributed by atoms with Crippen molar-refractivity contribution in [1.29, 1.82) is 0 Å². The molecule has 1 aromatic carbocycles. The van der Waals surface area contributed by atoms with Gasteiger partial charge < -0.3 is 10.6 Å². The van der Waals surface area contributed by atoms with E-state index in [1.54, 1.807) is 0 Å². The van der Waals surface area contributed by atoms with Crippen LogP contribution in [0.15, 0.2) is 18.2 Å². The van der Waals surface area contributed by atoms with Crippen LogP contribution in [0.2, 0.25) is 0 Å². The second-order valence-corrected chi connectivity index (χ2v) is 5.37. The lowest BCUT2D eigenvalue weighted by molar-refractivity contribution is 0.0914. The van der Waals surface area contributed by atoms with Crippen molar-refractivity contribution < 1.29 is 4.79 Å². The summed E-state index contributed by atoms with van der Waals surface area (Å²) in [5.74, 6) is 0.595. The Kier molecular flexibility index (Phi) is 4.02. The Morgan fingerprint density at radius 3 is 2.89 bits per heavy atom. The SMILES string of the molecule is Cc1ccc(C)c(C(=O)NC2CNCCC2C)c1. The quantitative estimate of drug-likeness (QED) is 0.838. The van der Waals surface area contributed by atoms with Crippen molar-refractivity contribution in [3.8, 4) is 0 Å². The summed E-state index contributed by atoms with van der Waals surface area (Å²) in [5.41, 5.74) is 2.96. The molecule has 3 nitrogen and oxygen atoms in total. The summed E-state index contributed by atoms with van der Waals surface area (Å²) < 4.78 is 0. The molecule has 2 N–H and O–H groups in total. The number of amides is 1. The number of carbonyl (C=O) groups excluding carboxylic acids is 1. The lowest BCUT2D eigenvalue weighted by atomic mass is 9.94. The molecule has 98 valence electrons. The van der Waals surface area contributed by atoms with Gasteiger partial charge in [-0.3, -0.25) is 4.79 Å². The fourth-order valence-electron chi connectivity index (χ4n) is 2.41. The zero-order valence-corrected chi connectivity index (χ0v) is 11.4. The summed E-state index contributed by atoms with van der Waals surface area (Å²) in [6.45, 7) is 8.13. The maximum atomic E-state index is 12.3. The number of rotatable bonds is 2. The fraction of sp³-hybridized carbons (Fsp3) is 0.533. The Hall–Kier alpha value is -1.35. The van der Waals surface area contributed by atoms with Gasteiger partial charge in [-0.2, -0.15) is 0 Å². The lowest BCUT2D eigenvalue weighted by Crippen LogP contribution is -2.50. The van der Waals surface area contributed by atoms with Crippen molar-refractivity contribution in [3.63, 3.8) is 0 Å². The molecule has 3 heteroatoms. The number of nitrogens with one attached hydrogen (secondary N) is 2. The Morgan fingerprint density at radius 2 is 2.17 bits per heavy atom. The second kappa shape index (κ2) is 5.53. The lowest BCUT2D eigenvalue weighted by Gasteiger charge is -2.30. The molecule has 1 heterocycles. The number of aryl methyl sites for hydroxylation is 2. The molecule has 2 rings (SSSR count). The molecule has 1 aliphatic heterocycles. The summed E-state index contributed by atoms with van der Waals surface area (Å²) in [7, 11) is 0. The molecule has 1 saturated heterocycles. The predicted molar refractivity (Wildman–Crippen MR) is 73.8 cm³/mol. The van der Waals surface area contributed by atoms with Gasteiger partial charge >= 0.3 is 0 Å². The zero-order valence-electron chi connectivity index (χ0n) is 11.4. The highest BCUT2D eigenvalue weighted by atomic mass is 16.1. The summed E-state index contributed by atoms with van der Waals surface area (Å²) in [5, 5.41) is 6.48. The van der Waals surface area contributed by atoms with Crippen LogP contribution in [0.25, 0.3) is 0 Å². The van der Waals surface area contributed by atoms with Gasteiger partial charge in [0.05, 0.1) is 0 Å². The summed E-state index contributed by atoms with van der Waals surface area (Å²) in [4.78, 5) is 12.3. The van der Waals surface area contributed by atoms with Crippen LogP contribution >= 0.6 is 0 Å². The Bertz CT molecular complexity index is 442. The largest absolute Gasteiger partial charge is 0.348 e. The van der Waals surface area contributed by atoms with Crippen molar-refractivity contribution in [1.82, 2.24) is 10.6 Å². The third kappa shape index (κ3) is 2.91. The second-order valence-electron chi connectivity index (χ2n) is 5.37. The van der Waals surface area contributed by atoms with Gasteiger partial charge in [0, 0.05) is 18.2 Å². The Labute approximate surface area is 109 Å². The third-order valence-corrected chi connectivity index (χ3v) is 3.78. The van der Waals surface area contributed by atoms with E-state index in [-0.39, 0.29) is 11.9 Å². The van der Waals surface area contributed by atoms with Gasteiger partial charge in [0.2, 0.25) is 0 Å². The van der Waals surface area contributed by atoms with Crippen LogP contribution in [-0.2, 0) is 0 Å². The predicted octanol–water partition coefficient (Wildman–Crippen LogP) is 2.03. The highest BCUT2D eigenvalue weighted by Gasteiger charge is 2.23. The maximum Gasteiger partial charge on any atom is 0.251 e. The van der Waals surface area contributed by atoms with Crippen molar-refractivity contribution in [2.45, 2.75) is 33.2 Å².